The highest BCUT2D eigenvalue weighted by Crippen LogP contribution is 2.29. The highest BCUT2D eigenvalue weighted by molar-refractivity contribution is 5.40. The summed E-state index contributed by atoms with van der Waals surface area (Å²) < 4.78 is 5.83. The van der Waals surface area contributed by atoms with Crippen LogP contribution in [0, 0.1) is 0 Å². The SMILES string of the molecule is CC[C@@H](O)c1ccc(Oc2ccc3c(c2)CCC3)cn1. The maximum atomic E-state index is 9.71. The minimum atomic E-state index is -0.496. The van der Waals surface area contributed by atoms with Crippen molar-refractivity contribution in [3.05, 3.63) is 53.3 Å². The van der Waals surface area contributed by atoms with Gasteiger partial charge in [-0.2, -0.15) is 0 Å². The lowest BCUT2D eigenvalue weighted by molar-refractivity contribution is 0.169. The molecular weight excluding hydrogens is 250 g/mol. The number of aryl methyl sites for hydroxylation is 2. The fraction of sp³-hybridized carbons (Fsp3) is 0.353. The zero-order valence-electron chi connectivity index (χ0n) is 11.7. The van der Waals surface area contributed by atoms with Gasteiger partial charge in [-0.05, 0) is 61.1 Å². The van der Waals surface area contributed by atoms with Crippen LogP contribution in [0.2, 0.25) is 0 Å². The second-order valence-corrected chi connectivity index (χ2v) is 5.23. The van der Waals surface area contributed by atoms with Crippen molar-refractivity contribution in [2.24, 2.45) is 0 Å². The number of aliphatic hydroxyl groups is 1. The molecule has 0 amide bonds. The minimum Gasteiger partial charge on any atom is -0.456 e. The molecule has 104 valence electrons. The van der Waals surface area contributed by atoms with Gasteiger partial charge in [-0.25, -0.2) is 0 Å². The third kappa shape index (κ3) is 2.68. The van der Waals surface area contributed by atoms with Gasteiger partial charge in [-0.15, -0.1) is 0 Å². The number of nitrogens with zero attached hydrogens (tertiary/aromatic N) is 1. The molecule has 1 atom stereocenters. The number of aromatic nitrogens is 1. The molecule has 0 unspecified atom stereocenters. The van der Waals surface area contributed by atoms with E-state index in [-0.39, 0.29) is 0 Å². The first-order valence-corrected chi connectivity index (χ1v) is 7.20. The molecule has 20 heavy (non-hydrogen) atoms. The van der Waals surface area contributed by atoms with Crippen LogP contribution in [0.25, 0.3) is 0 Å². The molecule has 0 aliphatic heterocycles. The van der Waals surface area contributed by atoms with Crippen molar-refractivity contribution in [2.45, 2.75) is 38.7 Å². The van der Waals surface area contributed by atoms with Crippen LogP contribution in [0.15, 0.2) is 36.5 Å². The van der Waals surface area contributed by atoms with Gasteiger partial charge < -0.3 is 9.84 Å². The average Bonchev–Trinajstić information content (AvgIpc) is 2.95. The zero-order chi connectivity index (χ0) is 13.9. The molecule has 1 aromatic carbocycles. The van der Waals surface area contributed by atoms with Crippen molar-refractivity contribution in [1.29, 1.82) is 0 Å². The molecule has 0 saturated carbocycles. The molecule has 1 aliphatic rings. The number of aliphatic hydroxyl groups excluding tert-OH is 1. The first-order valence-electron chi connectivity index (χ1n) is 7.20. The summed E-state index contributed by atoms with van der Waals surface area (Å²) in [6.45, 7) is 1.93. The molecule has 1 aliphatic carbocycles. The third-order valence-corrected chi connectivity index (χ3v) is 3.79. The van der Waals surface area contributed by atoms with E-state index in [1.165, 1.54) is 24.0 Å². The van der Waals surface area contributed by atoms with Crippen molar-refractivity contribution < 1.29 is 9.84 Å². The maximum Gasteiger partial charge on any atom is 0.145 e. The van der Waals surface area contributed by atoms with Gasteiger partial charge in [0.05, 0.1) is 18.0 Å². The van der Waals surface area contributed by atoms with E-state index < -0.39 is 6.10 Å². The van der Waals surface area contributed by atoms with Gasteiger partial charge in [0.1, 0.15) is 11.5 Å². The van der Waals surface area contributed by atoms with Gasteiger partial charge in [0.15, 0.2) is 0 Å². The lowest BCUT2D eigenvalue weighted by atomic mass is 10.1. The maximum absolute atomic E-state index is 9.71. The fourth-order valence-corrected chi connectivity index (χ4v) is 2.61. The van der Waals surface area contributed by atoms with Gasteiger partial charge in [0.2, 0.25) is 0 Å². The number of hydrogen-bond donors (Lipinski definition) is 1. The Hall–Kier alpha value is -1.87. The average molecular weight is 269 g/mol. The molecule has 1 aromatic heterocycles. The highest BCUT2D eigenvalue weighted by atomic mass is 16.5. The van der Waals surface area contributed by atoms with Gasteiger partial charge in [-0.1, -0.05) is 13.0 Å². The predicted molar refractivity (Wildman–Crippen MR) is 78.0 cm³/mol. The Morgan fingerprint density at radius 3 is 2.70 bits per heavy atom. The van der Waals surface area contributed by atoms with Gasteiger partial charge in [-0.3, -0.25) is 4.98 Å². The van der Waals surface area contributed by atoms with E-state index in [0.29, 0.717) is 17.9 Å². The van der Waals surface area contributed by atoms with Gasteiger partial charge in [0, 0.05) is 0 Å². The smallest absolute Gasteiger partial charge is 0.145 e. The summed E-state index contributed by atoms with van der Waals surface area (Å²) in [6.07, 6.45) is 5.40. The molecule has 0 saturated heterocycles. The Morgan fingerprint density at radius 1 is 1.15 bits per heavy atom. The topological polar surface area (TPSA) is 42.4 Å². The van der Waals surface area contributed by atoms with E-state index in [2.05, 4.69) is 17.1 Å². The molecule has 0 radical (unpaired) electrons. The van der Waals surface area contributed by atoms with Crippen LogP contribution in [0.3, 0.4) is 0 Å². The monoisotopic (exact) mass is 269 g/mol. The Labute approximate surface area is 119 Å². The molecule has 3 nitrogen and oxygen atoms in total. The largest absolute Gasteiger partial charge is 0.456 e. The first kappa shape index (κ1) is 13.1. The van der Waals surface area contributed by atoms with Crippen LogP contribution in [0.1, 0.15) is 42.7 Å². The lowest BCUT2D eigenvalue weighted by Gasteiger charge is -2.10. The van der Waals surface area contributed by atoms with Crippen LogP contribution in [-0.4, -0.2) is 10.1 Å². The number of fused-ring (bicyclic) bond motifs is 1. The van der Waals surface area contributed by atoms with Crippen LogP contribution in [0.5, 0.6) is 11.5 Å². The van der Waals surface area contributed by atoms with E-state index in [1.54, 1.807) is 6.20 Å². The molecule has 0 spiro atoms. The van der Waals surface area contributed by atoms with Crippen molar-refractivity contribution in [3.8, 4) is 11.5 Å². The summed E-state index contributed by atoms with van der Waals surface area (Å²) in [5, 5.41) is 9.71. The molecule has 0 bridgehead atoms. The highest BCUT2D eigenvalue weighted by Gasteiger charge is 2.12. The number of ether oxygens (including phenoxy) is 1. The van der Waals surface area contributed by atoms with Crippen LogP contribution >= 0.6 is 0 Å². The van der Waals surface area contributed by atoms with E-state index >= 15 is 0 Å². The molecule has 0 fully saturated rings. The predicted octanol–water partition coefficient (Wildman–Crippen LogP) is 3.81. The summed E-state index contributed by atoms with van der Waals surface area (Å²) >= 11 is 0. The summed E-state index contributed by atoms with van der Waals surface area (Å²) in [6, 6.07) is 9.96. The van der Waals surface area contributed by atoms with Crippen molar-refractivity contribution in [3.63, 3.8) is 0 Å². The summed E-state index contributed by atoms with van der Waals surface area (Å²) in [5.41, 5.74) is 3.53. The van der Waals surface area contributed by atoms with Gasteiger partial charge >= 0.3 is 0 Å². The van der Waals surface area contributed by atoms with Gasteiger partial charge in [0.25, 0.3) is 0 Å². The molecule has 2 aromatic rings. The van der Waals surface area contributed by atoms with Crippen LogP contribution in [0.4, 0.5) is 0 Å². The van der Waals surface area contributed by atoms with E-state index in [0.717, 1.165) is 12.2 Å². The zero-order valence-corrected chi connectivity index (χ0v) is 11.7. The minimum absolute atomic E-state index is 0.496. The van der Waals surface area contributed by atoms with Crippen molar-refractivity contribution in [1.82, 2.24) is 4.98 Å². The number of benzene rings is 1. The Morgan fingerprint density at radius 2 is 1.95 bits per heavy atom. The standard InChI is InChI=1S/C17H19NO2/c1-2-17(19)16-9-8-15(11-18-16)20-14-7-6-12-4-3-5-13(12)10-14/h6-11,17,19H,2-5H2,1H3/t17-/m1/s1. The molecule has 1 N–H and O–H groups in total. The summed E-state index contributed by atoms with van der Waals surface area (Å²) in [5.74, 6) is 1.56. The van der Waals surface area contributed by atoms with Crippen molar-refractivity contribution >= 4 is 0 Å². The quantitative estimate of drug-likeness (QED) is 0.917. The molecular formula is C17H19NO2. The van der Waals surface area contributed by atoms with E-state index in [4.69, 9.17) is 4.74 Å². The third-order valence-electron chi connectivity index (χ3n) is 3.79. The first-order chi connectivity index (χ1) is 9.76. The fourth-order valence-electron chi connectivity index (χ4n) is 2.61. The molecule has 3 heteroatoms. The van der Waals surface area contributed by atoms with Crippen molar-refractivity contribution in [2.75, 3.05) is 0 Å². The lowest BCUT2D eigenvalue weighted by Crippen LogP contribution is -1.98. The second kappa shape index (κ2) is 5.63. The van der Waals surface area contributed by atoms with E-state index in [9.17, 15) is 5.11 Å². The Kier molecular flexibility index (Phi) is 3.70. The number of hydrogen-bond acceptors (Lipinski definition) is 3. The number of rotatable bonds is 4. The van der Waals surface area contributed by atoms with E-state index in [1.807, 2.05) is 25.1 Å². The molecule has 1 heterocycles. The summed E-state index contributed by atoms with van der Waals surface area (Å²) in [4.78, 5) is 4.24. The Bertz CT molecular complexity index is 592. The van der Waals surface area contributed by atoms with Crippen LogP contribution in [-0.2, 0) is 12.8 Å². The number of pyridine rings is 1. The normalized spacial score (nSPS) is 14.9. The summed E-state index contributed by atoms with van der Waals surface area (Å²) in [7, 11) is 0. The van der Waals surface area contributed by atoms with Crippen LogP contribution < -0.4 is 4.74 Å². The second-order valence-electron chi connectivity index (χ2n) is 5.23. The molecule has 3 rings (SSSR count). The Balaban J connectivity index is 1.74.